The van der Waals surface area contributed by atoms with Crippen molar-refractivity contribution < 1.29 is 23.6 Å². The van der Waals surface area contributed by atoms with Crippen molar-refractivity contribution in [2.75, 3.05) is 4.90 Å². The fourth-order valence-electron chi connectivity index (χ4n) is 4.02. The predicted octanol–water partition coefficient (Wildman–Crippen LogP) is 1.11. The van der Waals surface area contributed by atoms with E-state index in [-0.39, 0.29) is 30.1 Å². The molecule has 1 aromatic rings. The average molecular weight is 301 g/mol. The molecule has 5 nitrogen and oxygen atoms in total. The fourth-order valence-corrected chi connectivity index (χ4v) is 4.02. The van der Waals surface area contributed by atoms with Gasteiger partial charge in [0.25, 0.3) is 0 Å². The van der Waals surface area contributed by atoms with Gasteiger partial charge in [-0.2, -0.15) is 0 Å². The van der Waals surface area contributed by atoms with Crippen molar-refractivity contribution in [3.05, 3.63) is 30.1 Å². The van der Waals surface area contributed by atoms with Crippen LogP contribution in [0.5, 0.6) is 0 Å². The molecule has 22 heavy (non-hydrogen) atoms. The Morgan fingerprint density at radius 3 is 1.73 bits per heavy atom. The van der Waals surface area contributed by atoms with Gasteiger partial charge < -0.3 is 0 Å². The topological polar surface area (TPSA) is 71.5 Å². The number of carbonyl (C=O) groups excluding carboxylic acids is 4. The normalized spacial score (nSPS) is 33.6. The zero-order valence-electron chi connectivity index (χ0n) is 11.5. The van der Waals surface area contributed by atoms with E-state index < -0.39 is 41.3 Å². The van der Waals surface area contributed by atoms with E-state index in [2.05, 4.69) is 0 Å². The first-order chi connectivity index (χ1) is 10.5. The third-order valence-corrected chi connectivity index (χ3v) is 5.02. The summed E-state index contributed by atoms with van der Waals surface area (Å²) < 4.78 is 13.0. The number of carbonyl (C=O) groups is 4. The summed E-state index contributed by atoms with van der Waals surface area (Å²) in [6.07, 6.45) is 0.113. The lowest BCUT2D eigenvalue weighted by molar-refractivity contribution is -0.153. The first-order valence-electron chi connectivity index (χ1n) is 7.18. The number of imide groups is 1. The van der Waals surface area contributed by atoms with E-state index in [1.165, 1.54) is 24.3 Å². The number of fused-ring (bicyclic) bond motifs is 2. The molecule has 2 amide bonds. The number of anilines is 1. The second-order valence-electron chi connectivity index (χ2n) is 6.09. The summed E-state index contributed by atoms with van der Waals surface area (Å²) in [4.78, 5) is 50.3. The molecule has 112 valence electrons. The Balaban J connectivity index is 1.78. The second-order valence-corrected chi connectivity index (χ2v) is 6.09. The number of amides is 2. The average Bonchev–Trinajstić information content (AvgIpc) is 2.75. The highest BCUT2D eigenvalue weighted by Gasteiger charge is 2.63. The van der Waals surface area contributed by atoms with Gasteiger partial charge in [-0.3, -0.25) is 24.1 Å². The van der Waals surface area contributed by atoms with Gasteiger partial charge in [-0.1, -0.05) is 0 Å². The molecule has 6 heteroatoms. The fraction of sp³-hybridized carbons (Fsp3) is 0.375. The first kappa shape index (κ1) is 13.3. The van der Waals surface area contributed by atoms with Crippen molar-refractivity contribution in [3.63, 3.8) is 0 Å². The summed E-state index contributed by atoms with van der Waals surface area (Å²) in [5, 5.41) is 0. The van der Waals surface area contributed by atoms with Crippen molar-refractivity contribution in [2.45, 2.75) is 12.8 Å². The van der Waals surface area contributed by atoms with Crippen molar-refractivity contribution in [1.29, 1.82) is 0 Å². The summed E-state index contributed by atoms with van der Waals surface area (Å²) in [5.41, 5.74) is 0.282. The lowest BCUT2D eigenvalue weighted by Gasteiger charge is -2.40. The van der Waals surface area contributed by atoms with Gasteiger partial charge in [-0.15, -0.1) is 0 Å². The van der Waals surface area contributed by atoms with Crippen LogP contribution in [0.25, 0.3) is 0 Å². The quantitative estimate of drug-likeness (QED) is 0.728. The molecule has 4 atom stereocenters. The van der Waals surface area contributed by atoms with Gasteiger partial charge in [0.1, 0.15) is 17.4 Å². The largest absolute Gasteiger partial charge is 0.299 e. The Bertz CT molecular complexity index is 686. The zero-order chi connectivity index (χ0) is 15.6. The smallest absolute Gasteiger partial charge is 0.238 e. The van der Waals surface area contributed by atoms with E-state index in [1.807, 2.05) is 0 Å². The second kappa shape index (κ2) is 4.32. The summed E-state index contributed by atoms with van der Waals surface area (Å²) in [7, 11) is 0. The highest BCUT2D eigenvalue weighted by molar-refractivity contribution is 6.25. The third-order valence-electron chi connectivity index (χ3n) is 5.02. The van der Waals surface area contributed by atoms with Crippen molar-refractivity contribution >= 4 is 29.1 Å². The maximum absolute atomic E-state index is 13.0. The highest BCUT2D eigenvalue weighted by atomic mass is 19.1. The molecule has 0 unspecified atom stereocenters. The molecule has 5 rings (SSSR count). The van der Waals surface area contributed by atoms with Gasteiger partial charge in [-0.05, 0) is 24.3 Å². The van der Waals surface area contributed by atoms with Crippen LogP contribution in [-0.4, -0.2) is 23.4 Å². The number of benzene rings is 1. The molecule has 2 bridgehead atoms. The predicted molar refractivity (Wildman–Crippen MR) is 72.1 cm³/mol. The minimum absolute atomic E-state index is 0.0565. The number of nitrogens with zero attached hydrogens (tertiary/aromatic N) is 1. The van der Waals surface area contributed by atoms with Gasteiger partial charge >= 0.3 is 0 Å². The molecule has 0 aromatic heterocycles. The molecule has 0 radical (unpaired) electrons. The molecule has 3 aliphatic carbocycles. The van der Waals surface area contributed by atoms with Crippen LogP contribution in [0.1, 0.15) is 12.8 Å². The third kappa shape index (κ3) is 1.58. The Morgan fingerprint density at radius 1 is 0.818 bits per heavy atom. The maximum Gasteiger partial charge on any atom is 0.238 e. The minimum atomic E-state index is -0.735. The summed E-state index contributed by atoms with van der Waals surface area (Å²) in [6, 6.07) is 5.05. The molecule has 1 saturated heterocycles. The van der Waals surface area contributed by atoms with E-state index in [0.717, 1.165) is 4.90 Å². The van der Waals surface area contributed by atoms with Crippen molar-refractivity contribution in [2.24, 2.45) is 23.7 Å². The monoisotopic (exact) mass is 301 g/mol. The summed E-state index contributed by atoms with van der Waals surface area (Å²) >= 11 is 0. The van der Waals surface area contributed by atoms with Crippen LogP contribution in [0.3, 0.4) is 0 Å². The molecule has 0 N–H and O–H groups in total. The van der Waals surface area contributed by atoms with Crippen molar-refractivity contribution in [3.8, 4) is 0 Å². The molecule has 3 saturated carbocycles. The van der Waals surface area contributed by atoms with Gasteiger partial charge in [0.05, 0.1) is 17.5 Å². The van der Waals surface area contributed by atoms with Crippen LogP contribution in [-0.2, 0) is 19.2 Å². The lowest BCUT2D eigenvalue weighted by Crippen LogP contribution is -2.51. The molecule has 1 aromatic carbocycles. The molecular formula is C16H12FNO4. The van der Waals surface area contributed by atoms with E-state index >= 15 is 0 Å². The number of hydrogen-bond acceptors (Lipinski definition) is 4. The molecular weight excluding hydrogens is 289 g/mol. The van der Waals surface area contributed by atoms with Crippen LogP contribution in [0, 0.1) is 29.5 Å². The summed E-state index contributed by atoms with van der Waals surface area (Å²) in [6.45, 7) is 0. The Morgan fingerprint density at radius 2 is 1.27 bits per heavy atom. The van der Waals surface area contributed by atoms with Crippen molar-refractivity contribution in [1.82, 2.24) is 0 Å². The van der Waals surface area contributed by atoms with E-state index in [1.54, 1.807) is 0 Å². The Labute approximate surface area is 125 Å². The Kier molecular flexibility index (Phi) is 2.61. The van der Waals surface area contributed by atoms with Crippen LogP contribution < -0.4 is 4.90 Å². The van der Waals surface area contributed by atoms with Gasteiger partial charge in [0, 0.05) is 24.7 Å². The maximum atomic E-state index is 13.0. The van der Waals surface area contributed by atoms with Gasteiger partial charge in [0.15, 0.2) is 0 Å². The molecule has 4 aliphatic rings. The van der Waals surface area contributed by atoms with E-state index in [4.69, 9.17) is 0 Å². The standard InChI is InChI=1S/C16H12FNO4/c17-7-1-3-8(4-2-7)18-15(21)13-9-5-11(19)10(6-12(9)20)14(13)16(18)22/h1-4,9-10,13-14H,5-6H2/t9-,10+,13+,14-. The van der Waals surface area contributed by atoms with E-state index in [9.17, 15) is 23.6 Å². The Hall–Kier alpha value is -2.37. The van der Waals surface area contributed by atoms with Crippen LogP contribution >= 0.6 is 0 Å². The number of hydrogen-bond donors (Lipinski definition) is 0. The number of ketones is 2. The van der Waals surface area contributed by atoms with Crippen LogP contribution in [0.4, 0.5) is 10.1 Å². The van der Waals surface area contributed by atoms with Gasteiger partial charge in [-0.25, -0.2) is 4.39 Å². The van der Waals surface area contributed by atoms with Crippen LogP contribution in [0.2, 0.25) is 0 Å². The molecule has 0 spiro atoms. The molecule has 4 fully saturated rings. The van der Waals surface area contributed by atoms with Gasteiger partial charge in [0.2, 0.25) is 11.8 Å². The first-order valence-corrected chi connectivity index (χ1v) is 7.18. The van der Waals surface area contributed by atoms with Crippen LogP contribution in [0.15, 0.2) is 24.3 Å². The van der Waals surface area contributed by atoms with E-state index in [0.29, 0.717) is 0 Å². The highest BCUT2D eigenvalue weighted by Crippen LogP contribution is 2.50. The number of halogens is 1. The molecule has 1 heterocycles. The lowest BCUT2D eigenvalue weighted by atomic mass is 9.58. The number of rotatable bonds is 1. The minimum Gasteiger partial charge on any atom is -0.299 e. The molecule has 1 aliphatic heterocycles. The summed E-state index contributed by atoms with van der Waals surface area (Å²) in [5.74, 6) is -4.39. The number of Topliss-reactive ketones (excluding diaryl/α,β-unsaturated/α-hetero) is 2. The SMILES string of the molecule is O=C1C[C@H]2C(=O)C[C@H]1[C@@H]1C(=O)N(c3ccc(F)cc3)C(=O)[C@@H]12. The zero-order valence-corrected chi connectivity index (χ0v) is 11.5.